The van der Waals surface area contributed by atoms with E-state index in [1.165, 1.54) is 6.07 Å². The highest BCUT2D eigenvalue weighted by Crippen LogP contribution is 2.31. The molecule has 0 saturated carbocycles. The second-order valence-electron chi connectivity index (χ2n) is 5.10. The number of halogens is 2. The summed E-state index contributed by atoms with van der Waals surface area (Å²) < 4.78 is 19.9. The summed E-state index contributed by atoms with van der Waals surface area (Å²) in [5.74, 6) is 0.878. The molecule has 1 unspecified atom stereocenters. The number of nitrogens with two attached hydrogens (primary N) is 1. The van der Waals surface area contributed by atoms with Crippen molar-refractivity contribution in [3.05, 3.63) is 58.4 Å². The van der Waals surface area contributed by atoms with E-state index in [0.29, 0.717) is 28.5 Å². The molecule has 0 spiro atoms. The van der Waals surface area contributed by atoms with Gasteiger partial charge in [0.15, 0.2) is 0 Å². The number of hydrogen-bond donors (Lipinski definition) is 1. The van der Waals surface area contributed by atoms with Crippen molar-refractivity contribution in [3.8, 4) is 11.5 Å². The van der Waals surface area contributed by atoms with Crippen LogP contribution in [0.3, 0.4) is 0 Å². The van der Waals surface area contributed by atoms with Crippen LogP contribution in [-0.2, 0) is 6.42 Å². The number of hydrogen-bond acceptors (Lipinski definition) is 2. The molecule has 112 valence electrons. The zero-order chi connectivity index (χ0) is 15.4. The third-order valence-electron chi connectivity index (χ3n) is 3.42. The number of benzene rings is 2. The van der Waals surface area contributed by atoms with Crippen LogP contribution >= 0.6 is 11.6 Å². The first-order valence-corrected chi connectivity index (χ1v) is 7.36. The smallest absolute Gasteiger partial charge is 0.133 e. The van der Waals surface area contributed by atoms with Gasteiger partial charge in [0.2, 0.25) is 0 Å². The van der Waals surface area contributed by atoms with Crippen LogP contribution in [0.15, 0.2) is 36.4 Å². The maximum absolute atomic E-state index is 14.1. The molecule has 21 heavy (non-hydrogen) atoms. The van der Waals surface area contributed by atoms with E-state index in [-0.39, 0.29) is 11.9 Å². The topological polar surface area (TPSA) is 35.2 Å². The molecule has 2 nitrogen and oxygen atoms in total. The first kappa shape index (κ1) is 15.8. The zero-order valence-corrected chi connectivity index (χ0v) is 13.0. The van der Waals surface area contributed by atoms with Crippen molar-refractivity contribution in [3.63, 3.8) is 0 Å². The van der Waals surface area contributed by atoms with Gasteiger partial charge >= 0.3 is 0 Å². The molecule has 0 heterocycles. The van der Waals surface area contributed by atoms with Crippen molar-refractivity contribution < 1.29 is 9.13 Å². The van der Waals surface area contributed by atoms with Crippen molar-refractivity contribution in [1.82, 2.24) is 0 Å². The normalized spacial score (nSPS) is 12.2. The van der Waals surface area contributed by atoms with E-state index in [0.717, 1.165) is 12.0 Å². The lowest BCUT2D eigenvalue weighted by molar-refractivity contribution is 0.458. The van der Waals surface area contributed by atoms with E-state index in [1.54, 1.807) is 24.3 Å². The molecule has 0 fully saturated rings. The SMILES string of the molecule is CCC(N)Cc1c(F)cccc1Oc1ccc(Cl)cc1C. The summed E-state index contributed by atoms with van der Waals surface area (Å²) in [6.45, 7) is 3.88. The molecular formula is C17H19ClFNO. The second-order valence-corrected chi connectivity index (χ2v) is 5.54. The van der Waals surface area contributed by atoms with Crippen molar-refractivity contribution >= 4 is 11.6 Å². The molecule has 2 N–H and O–H groups in total. The lowest BCUT2D eigenvalue weighted by atomic mass is 10.0. The maximum Gasteiger partial charge on any atom is 0.133 e. The van der Waals surface area contributed by atoms with Gasteiger partial charge < -0.3 is 10.5 Å². The highest BCUT2D eigenvalue weighted by Gasteiger charge is 2.14. The Morgan fingerprint density at radius 2 is 2.00 bits per heavy atom. The third kappa shape index (κ3) is 3.96. The van der Waals surface area contributed by atoms with Crippen molar-refractivity contribution in [2.75, 3.05) is 0 Å². The Morgan fingerprint density at radius 1 is 1.24 bits per heavy atom. The lowest BCUT2D eigenvalue weighted by Crippen LogP contribution is -2.22. The molecule has 0 aromatic heterocycles. The number of ether oxygens (including phenoxy) is 1. The summed E-state index contributed by atoms with van der Waals surface area (Å²) in [5, 5.41) is 0.646. The Bertz CT molecular complexity index is 630. The molecule has 0 aliphatic carbocycles. The lowest BCUT2D eigenvalue weighted by Gasteiger charge is -2.16. The minimum absolute atomic E-state index is 0.0874. The van der Waals surface area contributed by atoms with Crippen LogP contribution < -0.4 is 10.5 Å². The van der Waals surface area contributed by atoms with Gasteiger partial charge in [0.1, 0.15) is 17.3 Å². The Labute approximate surface area is 129 Å². The van der Waals surface area contributed by atoms with Crippen LogP contribution in [0.2, 0.25) is 5.02 Å². The molecule has 2 aromatic carbocycles. The summed E-state index contributed by atoms with van der Waals surface area (Å²) in [6.07, 6.45) is 1.24. The van der Waals surface area contributed by atoms with Gasteiger partial charge in [-0.2, -0.15) is 0 Å². The van der Waals surface area contributed by atoms with Gasteiger partial charge in [-0.3, -0.25) is 0 Å². The Hall–Kier alpha value is -1.58. The van der Waals surface area contributed by atoms with Crippen LogP contribution in [0.5, 0.6) is 11.5 Å². The minimum atomic E-state index is -0.289. The van der Waals surface area contributed by atoms with Crippen LogP contribution in [0.1, 0.15) is 24.5 Å². The van der Waals surface area contributed by atoms with Gasteiger partial charge in [-0.25, -0.2) is 4.39 Å². The van der Waals surface area contributed by atoms with Gasteiger partial charge in [-0.15, -0.1) is 0 Å². The Balaban J connectivity index is 2.33. The Kier molecular flexibility index (Phi) is 5.21. The highest BCUT2D eigenvalue weighted by molar-refractivity contribution is 6.30. The van der Waals surface area contributed by atoms with Crippen LogP contribution in [0.25, 0.3) is 0 Å². The van der Waals surface area contributed by atoms with Gasteiger partial charge in [-0.05, 0) is 55.7 Å². The largest absolute Gasteiger partial charge is 0.457 e. The van der Waals surface area contributed by atoms with E-state index in [9.17, 15) is 4.39 Å². The quantitative estimate of drug-likeness (QED) is 0.856. The van der Waals surface area contributed by atoms with Crippen LogP contribution in [0, 0.1) is 12.7 Å². The first-order valence-electron chi connectivity index (χ1n) is 6.98. The van der Waals surface area contributed by atoms with E-state index >= 15 is 0 Å². The zero-order valence-electron chi connectivity index (χ0n) is 12.2. The molecule has 0 amide bonds. The number of aryl methyl sites for hydroxylation is 1. The summed E-state index contributed by atoms with van der Waals surface area (Å²) in [6, 6.07) is 10.1. The molecule has 0 saturated heterocycles. The monoisotopic (exact) mass is 307 g/mol. The van der Waals surface area contributed by atoms with Crippen molar-refractivity contribution in [2.24, 2.45) is 5.73 Å². The van der Waals surface area contributed by atoms with E-state index in [4.69, 9.17) is 22.1 Å². The summed E-state index contributed by atoms with van der Waals surface area (Å²) >= 11 is 5.93. The van der Waals surface area contributed by atoms with E-state index in [2.05, 4.69) is 0 Å². The fourth-order valence-electron chi connectivity index (χ4n) is 2.08. The molecule has 2 aromatic rings. The summed E-state index contributed by atoms with van der Waals surface area (Å²) in [7, 11) is 0. The summed E-state index contributed by atoms with van der Waals surface area (Å²) in [4.78, 5) is 0. The molecule has 2 rings (SSSR count). The Morgan fingerprint density at radius 3 is 2.67 bits per heavy atom. The fraction of sp³-hybridized carbons (Fsp3) is 0.294. The molecular weight excluding hydrogens is 289 g/mol. The molecule has 0 bridgehead atoms. The van der Waals surface area contributed by atoms with E-state index < -0.39 is 0 Å². The van der Waals surface area contributed by atoms with Gasteiger partial charge in [0, 0.05) is 16.6 Å². The highest BCUT2D eigenvalue weighted by atomic mass is 35.5. The standard InChI is InChI=1S/C17H19ClFNO/c1-3-13(20)10-14-15(19)5-4-6-17(14)21-16-8-7-12(18)9-11(16)2/h4-9,13H,3,10,20H2,1-2H3. The third-order valence-corrected chi connectivity index (χ3v) is 3.66. The first-order chi connectivity index (χ1) is 10.0. The van der Waals surface area contributed by atoms with Crippen LogP contribution in [0.4, 0.5) is 4.39 Å². The van der Waals surface area contributed by atoms with Crippen LogP contribution in [-0.4, -0.2) is 6.04 Å². The minimum Gasteiger partial charge on any atom is -0.457 e. The average molecular weight is 308 g/mol. The van der Waals surface area contributed by atoms with Crippen molar-refractivity contribution in [2.45, 2.75) is 32.7 Å². The van der Waals surface area contributed by atoms with E-state index in [1.807, 2.05) is 19.9 Å². The average Bonchev–Trinajstić information content (AvgIpc) is 2.45. The fourth-order valence-corrected chi connectivity index (χ4v) is 2.31. The molecule has 0 aliphatic heterocycles. The molecule has 0 radical (unpaired) electrons. The molecule has 4 heteroatoms. The van der Waals surface area contributed by atoms with Gasteiger partial charge in [0.05, 0.1) is 0 Å². The number of rotatable bonds is 5. The molecule has 1 atom stereocenters. The molecule has 0 aliphatic rings. The maximum atomic E-state index is 14.1. The predicted octanol–water partition coefficient (Wildman–Crippen LogP) is 4.86. The van der Waals surface area contributed by atoms with Crippen molar-refractivity contribution in [1.29, 1.82) is 0 Å². The van der Waals surface area contributed by atoms with Gasteiger partial charge in [-0.1, -0.05) is 24.6 Å². The summed E-state index contributed by atoms with van der Waals surface area (Å²) in [5.41, 5.74) is 7.36. The van der Waals surface area contributed by atoms with Gasteiger partial charge in [0.25, 0.3) is 0 Å². The predicted molar refractivity (Wildman–Crippen MR) is 84.6 cm³/mol. The second kappa shape index (κ2) is 6.92.